The number of amides is 2. The Morgan fingerprint density at radius 1 is 1.62 bits per heavy atom. The van der Waals surface area contributed by atoms with Gasteiger partial charge in [-0.3, -0.25) is 9.59 Å². The second-order valence-electron chi connectivity index (χ2n) is 4.73. The molecule has 1 fully saturated rings. The van der Waals surface area contributed by atoms with E-state index >= 15 is 0 Å². The highest BCUT2D eigenvalue weighted by atomic mass is 16.2. The Balaban J connectivity index is 2.39. The summed E-state index contributed by atoms with van der Waals surface area (Å²) in [7, 11) is 0. The first-order valence-electron chi connectivity index (χ1n) is 5.82. The highest BCUT2D eigenvalue weighted by Crippen LogP contribution is 2.08. The van der Waals surface area contributed by atoms with E-state index in [4.69, 9.17) is 5.73 Å². The Morgan fingerprint density at radius 3 is 2.75 bits per heavy atom. The van der Waals surface area contributed by atoms with Crippen molar-refractivity contribution in [2.45, 2.75) is 45.2 Å². The van der Waals surface area contributed by atoms with Gasteiger partial charge >= 0.3 is 0 Å². The third-order valence-electron chi connectivity index (χ3n) is 2.70. The number of hydrogen-bond donors (Lipinski definition) is 3. The lowest BCUT2D eigenvalue weighted by Crippen LogP contribution is -2.48. The Labute approximate surface area is 96.1 Å². The van der Waals surface area contributed by atoms with Crippen LogP contribution >= 0.6 is 0 Å². The van der Waals surface area contributed by atoms with Gasteiger partial charge in [-0.05, 0) is 18.8 Å². The zero-order valence-electron chi connectivity index (χ0n) is 9.95. The van der Waals surface area contributed by atoms with Gasteiger partial charge < -0.3 is 16.4 Å². The van der Waals surface area contributed by atoms with Crippen molar-refractivity contribution in [1.29, 1.82) is 0 Å². The van der Waals surface area contributed by atoms with Crippen LogP contribution in [0.5, 0.6) is 0 Å². The molecule has 1 aliphatic heterocycles. The van der Waals surface area contributed by atoms with Crippen molar-refractivity contribution in [3.05, 3.63) is 0 Å². The van der Waals surface area contributed by atoms with Crippen LogP contribution in [0.25, 0.3) is 0 Å². The maximum Gasteiger partial charge on any atom is 0.242 e. The molecule has 4 N–H and O–H groups in total. The van der Waals surface area contributed by atoms with E-state index < -0.39 is 0 Å². The summed E-state index contributed by atoms with van der Waals surface area (Å²) in [6.45, 7) is 4.61. The average Bonchev–Trinajstić information content (AvgIpc) is 2.63. The second kappa shape index (κ2) is 5.84. The van der Waals surface area contributed by atoms with Gasteiger partial charge in [0.2, 0.25) is 11.8 Å². The fourth-order valence-corrected chi connectivity index (χ4v) is 1.90. The van der Waals surface area contributed by atoms with Gasteiger partial charge in [-0.1, -0.05) is 13.8 Å². The van der Waals surface area contributed by atoms with Crippen LogP contribution < -0.4 is 16.4 Å². The van der Waals surface area contributed by atoms with Crippen molar-refractivity contribution < 1.29 is 9.59 Å². The molecular formula is C11H21N3O2. The van der Waals surface area contributed by atoms with E-state index in [1.165, 1.54) is 0 Å². The van der Waals surface area contributed by atoms with Crippen LogP contribution in [-0.2, 0) is 9.59 Å². The molecule has 1 unspecified atom stereocenters. The van der Waals surface area contributed by atoms with Crippen LogP contribution in [0, 0.1) is 5.92 Å². The third kappa shape index (κ3) is 3.81. The average molecular weight is 227 g/mol. The monoisotopic (exact) mass is 227 g/mol. The normalized spacial score (nSPS) is 22.0. The predicted octanol–water partition coefficient (Wildman–Crippen LogP) is -0.245. The van der Waals surface area contributed by atoms with Crippen LogP contribution in [0.3, 0.4) is 0 Å². The van der Waals surface area contributed by atoms with E-state index in [1.54, 1.807) is 0 Å². The summed E-state index contributed by atoms with van der Waals surface area (Å²) < 4.78 is 0. The van der Waals surface area contributed by atoms with Gasteiger partial charge in [0, 0.05) is 19.0 Å². The van der Waals surface area contributed by atoms with Gasteiger partial charge in [0.15, 0.2) is 0 Å². The molecule has 16 heavy (non-hydrogen) atoms. The summed E-state index contributed by atoms with van der Waals surface area (Å²) in [6, 6.07) is -0.362. The summed E-state index contributed by atoms with van der Waals surface area (Å²) >= 11 is 0. The van der Waals surface area contributed by atoms with Gasteiger partial charge in [-0.25, -0.2) is 0 Å². The van der Waals surface area contributed by atoms with Crippen LogP contribution in [-0.4, -0.2) is 30.4 Å². The molecular weight excluding hydrogens is 206 g/mol. The molecule has 1 rings (SSSR count). The van der Waals surface area contributed by atoms with Crippen LogP contribution in [0.4, 0.5) is 0 Å². The first kappa shape index (κ1) is 13.0. The van der Waals surface area contributed by atoms with Gasteiger partial charge in [-0.15, -0.1) is 0 Å². The Morgan fingerprint density at radius 2 is 2.31 bits per heavy atom. The molecule has 0 aromatic carbocycles. The molecule has 92 valence electrons. The quantitative estimate of drug-likeness (QED) is 0.606. The zero-order chi connectivity index (χ0) is 12.1. The van der Waals surface area contributed by atoms with E-state index in [-0.39, 0.29) is 23.9 Å². The van der Waals surface area contributed by atoms with E-state index in [1.807, 2.05) is 0 Å². The smallest absolute Gasteiger partial charge is 0.242 e. The first-order chi connectivity index (χ1) is 7.52. The number of nitrogens with one attached hydrogen (secondary N) is 2. The molecule has 0 aliphatic carbocycles. The van der Waals surface area contributed by atoms with Crippen molar-refractivity contribution in [2.24, 2.45) is 11.7 Å². The lowest BCUT2D eigenvalue weighted by Gasteiger charge is -2.20. The highest BCUT2D eigenvalue weighted by molar-refractivity contribution is 5.90. The van der Waals surface area contributed by atoms with Gasteiger partial charge in [0.1, 0.15) is 6.04 Å². The number of carbonyl (C=O) groups excluding carboxylic acids is 2. The minimum Gasteiger partial charge on any atom is -0.350 e. The van der Waals surface area contributed by atoms with E-state index in [0.717, 1.165) is 6.42 Å². The maximum atomic E-state index is 11.8. The Hall–Kier alpha value is -1.10. The Bertz CT molecular complexity index is 266. The van der Waals surface area contributed by atoms with Gasteiger partial charge in [0.25, 0.3) is 0 Å². The molecule has 1 saturated heterocycles. The van der Waals surface area contributed by atoms with Crippen LogP contribution in [0.1, 0.15) is 33.1 Å². The van der Waals surface area contributed by atoms with Crippen molar-refractivity contribution in [3.63, 3.8) is 0 Å². The molecule has 0 saturated carbocycles. The van der Waals surface area contributed by atoms with E-state index in [0.29, 0.717) is 25.3 Å². The van der Waals surface area contributed by atoms with Crippen LogP contribution in [0.15, 0.2) is 0 Å². The van der Waals surface area contributed by atoms with Crippen molar-refractivity contribution >= 4 is 11.8 Å². The molecule has 5 nitrogen and oxygen atoms in total. The van der Waals surface area contributed by atoms with Crippen molar-refractivity contribution in [3.8, 4) is 0 Å². The predicted molar refractivity (Wildman–Crippen MR) is 61.6 cm³/mol. The lowest BCUT2D eigenvalue weighted by atomic mass is 10.0. The minimum absolute atomic E-state index is 0.00463. The molecule has 0 aromatic rings. The number of nitrogens with two attached hydrogens (primary N) is 1. The molecule has 2 atom stereocenters. The number of rotatable bonds is 5. The third-order valence-corrected chi connectivity index (χ3v) is 2.70. The van der Waals surface area contributed by atoms with Gasteiger partial charge in [-0.2, -0.15) is 0 Å². The van der Waals surface area contributed by atoms with E-state index in [2.05, 4.69) is 24.5 Å². The van der Waals surface area contributed by atoms with Crippen molar-refractivity contribution in [2.75, 3.05) is 6.54 Å². The Kier molecular flexibility index (Phi) is 4.73. The standard InChI is InChI=1S/C11H21N3O2/c1-7(2)5-8(6-12)13-11(16)9-3-4-10(15)14-9/h7-9H,3-6,12H2,1-2H3,(H,13,16)(H,14,15)/t8?,9-/m0/s1. The fraction of sp³-hybridized carbons (Fsp3) is 0.818. The summed E-state index contributed by atoms with van der Waals surface area (Å²) in [4.78, 5) is 22.7. The van der Waals surface area contributed by atoms with E-state index in [9.17, 15) is 9.59 Å². The minimum atomic E-state index is -0.367. The SMILES string of the molecule is CC(C)CC(CN)NC(=O)[C@@H]1CCC(=O)N1. The fourth-order valence-electron chi connectivity index (χ4n) is 1.90. The molecule has 2 amide bonds. The summed E-state index contributed by atoms with van der Waals surface area (Å²) in [5.74, 6) is 0.335. The number of hydrogen-bond acceptors (Lipinski definition) is 3. The molecule has 1 heterocycles. The van der Waals surface area contributed by atoms with Crippen LogP contribution in [0.2, 0.25) is 0 Å². The largest absolute Gasteiger partial charge is 0.350 e. The molecule has 1 aliphatic rings. The molecule has 0 bridgehead atoms. The summed E-state index contributed by atoms with van der Waals surface area (Å²) in [5, 5.41) is 5.53. The van der Waals surface area contributed by atoms with Gasteiger partial charge in [0.05, 0.1) is 0 Å². The zero-order valence-corrected chi connectivity index (χ0v) is 9.95. The first-order valence-corrected chi connectivity index (χ1v) is 5.82. The lowest BCUT2D eigenvalue weighted by molar-refractivity contribution is -0.126. The highest BCUT2D eigenvalue weighted by Gasteiger charge is 2.28. The molecule has 0 radical (unpaired) electrons. The summed E-state index contributed by atoms with van der Waals surface area (Å²) in [5.41, 5.74) is 5.59. The molecule has 5 heteroatoms. The van der Waals surface area contributed by atoms with Crippen molar-refractivity contribution in [1.82, 2.24) is 10.6 Å². The number of carbonyl (C=O) groups is 2. The topological polar surface area (TPSA) is 84.2 Å². The summed E-state index contributed by atoms with van der Waals surface area (Å²) in [6.07, 6.45) is 1.89. The second-order valence-corrected chi connectivity index (χ2v) is 4.73. The molecule has 0 spiro atoms. The maximum absolute atomic E-state index is 11.8. The molecule has 0 aromatic heterocycles.